The molecule has 0 bridgehead atoms. The van der Waals surface area contributed by atoms with Crippen LogP contribution < -0.4 is 10.3 Å². The summed E-state index contributed by atoms with van der Waals surface area (Å²) < 4.78 is 5.75. The third-order valence-corrected chi connectivity index (χ3v) is 5.77. The van der Waals surface area contributed by atoms with Crippen molar-refractivity contribution in [3.8, 4) is 5.75 Å². The number of nitrogens with zero attached hydrogens (tertiary/aromatic N) is 1. The minimum Gasteiger partial charge on any atom is -0.491 e. The van der Waals surface area contributed by atoms with Gasteiger partial charge in [0.05, 0.1) is 5.60 Å². The first-order chi connectivity index (χ1) is 14.5. The second kappa shape index (κ2) is 9.00. The predicted molar refractivity (Wildman–Crippen MR) is 117 cm³/mol. The summed E-state index contributed by atoms with van der Waals surface area (Å²) in [5.74, 6) is 0.657. The van der Waals surface area contributed by atoms with Crippen molar-refractivity contribution in [1.82, 2.24) is 9.88 Å². The van der Waals surface area contributed by atoms with Crippen molar-refractivity contribution < 1.29 is 14.9 Å². The minimum absolute atomic E-state index is 0.135. The second-order valence-electron chi connectivity index (χ2n) is 8.22. The van der Waals surface area contributed by atoms with Crippen LogP contribution in [0.1, 0.15) is 18.4 Å². The molecule has 2 aromatic carbocycles. The van der Waals surface area contributed by atoms with Gasteiger partial charge in [0.15, 0.2) is 0 Å². The van der Waals surface area contributed by atoms with Gasteiger partial charge in [-0.3, -0.25) is 4.79 Å². The third-order valence-electron chi connectivity index (χ3n) is 5.77. The smallest absolute Gasteiger partial charge is 0.248 e. The van der Waals surface area contributed by atoms with Gasteiger partial charge in [-0.1, -0.05) is 30.3 Å². The molecule has 0 saturated carbocycles. The molecular formula is C24H28N2O4. The van der Waals surface area contributed by atoms with Gasteiger partial charge in [0.1, 0.15) is 18.5 Å². The number of pyridine rings is 1. The Balaban J connectivity index is 1.24. The van der Waals surface area contributed by atoms with E-state index in [-0.39, 0.29) is 12.2 Å². The Morgan fingerprint density at radius 2 is 1.83 bits per heavy atom. The van der Waals surface area contributed by atoms with Crippen LogP contribution in [0.4, 0.5) is 0 Å². The number of benzene rings is 2. The van der Waals surface area contributed by atoms with E-state index in [2.05, 4.69) is 22.0 Å². The molecule has 4 rings (SSSR count). The number of ether oxygens (including phenoxy) is 1. The van der Waals surface area contributed by atoms with Crippen molar-refractivity contribution in [1.29, 1.82) is 0 Å². The maximum atomic E-state index is 11.4. The molecule has 6 heteroatoms. The molecule has 0 aliphatic carbocycles. The zero-order valence-corrected chi connectivity index (χ0v) is 17.0. The lowest BCUT2D eigenvalue weighted by molar-refractivity contribution is -0.0325. The van der Waals surface area contributed by atoms with Crippen LogP contribution in [0.5, 0.6) is 5.75 Å². The Kier molecular flexibility index (Phi) is 6.18. The highest BCUT2D eigenvalue weighted by molar-refractivity contribution is 5.79. The molecule has 0 unspecified atom stereocenters. The fraction of sp³-hybridized carbons (Fsp3) is 0.375. The van der Waals surface area contributed by atoms with Gasteiger partial charge in [-0.15, -0.1) is 0 Å². The van der Waals surface area contributed by atoms with Gasteiger partial charge >= 0.3 is 0 Å². The van der Waals surface area contributed by atoms with Gasteiger partial charge in [0.25, 0.3) is 0 Å². The highest BCUT2D eigenvalue weighted by Gasteiger charge is 2.32. The number of aliphatic hydroxyl groups is 2. The van der Waals surface area contributed by atoms with Gasteiger partial charge in [-0.25, -0.2) is 0 Å². The molecule has 158 valence electrons. The normalized spacial score (nSPS) is 17.7. The number of aromatic nitrogens is 1. The van der Waals surface area contributed by atoms with Crippen LogP contribution in [0.3, 0.4) is 0 Å². The van der Waals surface area contributed by atoms with Crippen LogP contribution in [-0.4, -0.2) is 58.0 Å². The molecule has 1 aliphatic heterocycles. The number of fused-ring (bicyclic) bond motifs is 1. The molecule has 6 nitrogen and oxygen atoms in total. The summed E-state index contributed by atoms with van der Waals surface area (Å²) in [6.45, 7) is 2.22. The molecular weight excluding hydrogens is 380 g/mol. The number of β-amino-alcohol motifs (C(OH)–C–C–N with tert-alkyl or cyclic N) is 1. The van der Waals surface area contributed by atoms with E-state index < -0.39 is 11.7 Å². The quantitative estimate of drug-likeness (QED) is 0.559. The lowest BCUT2D eigenvalue weighted by Gasteiger charge is -2.39. The predicted octanol–water partition coefficient (Wildman–Crippen LogP) is 2.34. The summed E-state index contributed by atoms with van der Waals surface area (Å²) in [5.41, 5.74) is 1.10. The van der Waals surface area contributed by atoms with Crippen molar-refractivity contribution in [2.45, 2.75) is 31.0 Å². The van der Waals surface area contributed by atoms with Gasteiger partial charge in [-0.2, -0.15) is 0 Å². The van der Waals surface area contributed by atoms with E-state index in [0.717, 1.165) is 29.6 Å². The minimum atomic E-state index is -0.675. The van der Waals surface area contributed by atoms with E-state index in [1.807, 2.05) is 24.3 Å². The Morgan fingerprint density at radius 1 is 1.07 bits per heavy atom. The molecule has 1 aromatic heterocycles. The average Bonchev–Trinajstić information content (AvgIpc) is 2.74. The van der Waals surface area contributed by atoms with Crippen molar-refractivity contribution in [3.63, 3.8) is 0 Å². The summed E-state index contributed by atoms with van der Waals surface area (Å²) >= 11 is 0. The summed E-state index contributed by atoms with van der Waals surface area (Å²) in [6.07, 6.45) is 1.44. The number of nitrogens with one attached hydrogen (secondary N) is 1. The number of hydrogen-bond acceptors (Lipinski definition) is 5. The summed E-state index contributed by atoms with van der Waals surface area (Å²) in [6, 6.07) is 18.8. The molecule has 1 aliphatic rings. The van der Waals surface area contributed by atoms with E-state index >= 15 is 0 Å². The van der Waals surface area contributed by atoms with Crippen molar-refractivity contribution in [2.75, 3.05) is 26.2 Å². The molecule has 30 heavy (non-hydrogen) atoms. The van der Waals surface area contributed by atoms with Crippen molar-refractivity contribution in [2.24, 2.45) is 0 Å². The fourth-order valence-corrected chi connectivity index (χ4v) is 4.07. The second-order valence-corrected chi connectivity index (χ2v) is 8.22. The molecule has 3 N–H and O–H groups in total. The van der Waals surface area contributed by atoms with Gasteiger partial charge < -0.3 is 24.8 Å². The monoisotopic (exact) mass is 408 g/mol. The van der Waals surface area contributed by atoms with Gasteiger partial charge in [-0.05, 0) is 42.7 Å². The molecule has 0 spiro atoms. The number of hydrogen-bond donors (Lipinski definition) is 3. The lowest BCUT2D eigenvalue weighted by atomic mass is 9.85. The number of aromatic amines is 1. The highest BCUT2D eigenvalue weighted by Crippen LogP contribution is 2.26. The molecule has 0 radical (unpaired) electrons. The number of rotatable bonds is 7. The molecule has 0 amide bonds. The molecule has 1 fully saturated rings. The fourth-order valence-electron chi connectivity index (χ4n) is 4.07. The summed E-state index contributed by atoms with van der Waals surface area (Å²) in [4.78, 5) is 16.3. The lowest BCUT2D eigenvalue weighted by Crippen LogP contribution is -2.48. The maximum absolute atomic E-state index is 11.4. The summed E-state index contributed by atoms with van der Waals surface area (Å²) in [7, 11) is 0. The van der Waals surface area contributed by atoms with E-state index in [1.165, 1.54) is 6.07 Å². The van der Waals surface area contributed by atoms with Crippen LogP contribution in [0, 0.1) is 0 Å². The Bertz CT molecular complexity index is 1030. The number of aliphatic hydroxyl groups excluding tert-OH is 1. The number of piperidine rings is 1. The summed E-state index contributed by atoms with van der Waals surface area (Å²) in [5, 5.41) is 22.2. The first-order valence-electron chi connectivity index (χ1n) is 10.4. The van der Waals surface area contributed by atoms with Gasteiger partial charge in [0, 0.05) is 43.0 Å². The molecule has 2 heterocycles. The van der Waals surface area contributed by atoms with E-state index in [1.54, 1.807) is 18.2 Å². The largest absolute Gasteiger partial charge is 0.491 e. The zero-order chi connectivity index (χ0) is 21.0. The van der Waals surface area contributed by atoms with Gasteiger partial charge in [0.2, 0.25) is 5.56 Å². The molecule has 3 aromatic rings. The SMILES string of the molecule is O=c1ccc2cc(OC[C@H](O)CN3CCC(O)(Cc4ccccc4)CC3)ccc2[nH]1. The standard InChI is InChI=1S/C24H28N2O4/c27-20(17-30-21-7-8-22-19(14-21)6-9-23(28)25-22)16-26-12-10-24(29,11-13-26)15-18-4-2-1-3-5-18/h1-9,14,20,27,29H,10-13,15-17H2,(H,25,28)/t20-/m1/s1. The average molecular weight is 408 g/mol. The van der Waals surface area contributed by atoms with E-state index in [0.29, 0.717) is 31.6 Å². The Hall–Kier alpha value is -2.67. The van der Waals surface area contributed by atoms with Crippen LogP contribution in [0.25, 0.3) is 10.9 Å². The van der Waals surface area contributed by atoms with Crippen LogP contribution >= 0.6 is 0 Å². The highest BCUT2D eigenvalue weighted by atomic mass is 16.5. The van der Waals surface area contributed by atoms with Crippen molar-refractivity contribution >= 4 is 10.9 Å². The number of likely N-dealkylation sites (tertiary alicyclic amines) is 1. The Labute approximate surface area is 175 Å². The van der Waals surface area contributed by atoms with Crippen LogP contribution in [0.15, 0.2) is 65.5 Å². The first-order valence-corrected chi connectivity index (χ1v) is 10.4. The van der Waals surface area contributed by atoms with E-state index in [9.17, 15) is 15.0 Å². The van der Waals surface area contributed by atoms with Crippen LogP contribution in [0.2, 0.25) is 0 Å². The topological polar surface area (TPSA) is 85.8 Å². The zero-order valence-electron chi connectivity index (χ0n) is 17.0. The van der Waals surface area contributed by atoms with Crippen LogP contribution in [-0.2, 0) is 6.42 Å². The first kappa shape index (κ1) is 20.6. The molecule has 1 saturated heterocycles. The Morgan fingerprint density at radius 3 is 2.60 bits per heavy atom. The number of H-pyrrole nitrogens is 1. The van der Waals surface area contributed by atoms with E-state index in [4.69, 9.17) is 4.74 Å². The van der Waals surface area contributed by atoms with Crippen molar-refractivity contribution in [3.05, 3.63) is 76.6 Å². The molecule has 1 atom stereocenters. The third kappa shape index (κ3) is 5.27. The maximum Gasteiger partial charge on any atom is 0.248 e.